The Morgan fingerprint density at radius 2 is 2.24 bits per heavy atom. The van der Waals surface area contributed by atoms with Crippen LogP contribution in [0.3, 0.4) is 0 Å². The van der Waals surface area contributed by atoms with Gasteiger partial charge >= 0.3 is 5.97 Å². The van der Waals surface area contributed by atoms with Crippen LogP contribution < -0.4 is 0 Å². The maximum atomic E-state index is 11.6. The Morgan fingerprint density at radius 1 is 1.47 bits per heavy atom. The van der Waals surface area contributed by atoms with E-state index in [1.54, 1.807) is 0 Å². The molecule has 0 aliphatic carbocycles. The van der Waals surface area contributed by atoms with Gasteiger partial charge in [0.1, 0.15) is 6.10 Å². The van der Waals surface area contributed by atoms with E-state index in [0.717, 1.165) is 19.3 Å². The largest absolute Gasteiger partial charge is 0.456 e. The standard InChI is InChI=1S/C14H20O3/c1-9-5-4-8-16-11(3)13-12(7-6-9)10(2)14(15)17-13/h5,11-13H,2,4,6-8H2,1,3H3/b9-5-. The van der Waals surface area contributed by atoms with Crippen LogP contribution in [-0.2, 0) is 14.3 Å². The molecule has 0 aromatic carbocycles. The highest BCUT2D eigenvalue weighted by Gasteiger charge is 2.41. The molecule has 94 valence electrons. The van der Waals surface area contributed by atoms with Crippen molar-refractivity contribution in [3.05, 3.63) is 23.8 Å². The summed E-state index contributed by atoms with van der Waals surface area (Å²) in [4.78, 5) is 11.6. The number of rotatable bonds is 0. The minimum absolute atomic E-state index is 0.0463. The van der Waals surface area contributed by atoms with Crippen LogP contribution in [0.5, 0.6) is 0 Å². The van der Waals surface area contributed by atoms with E-state index in [9.17, 15) is 4.79 Å². The first-order valence-electron chi connectivity index (χ1n) is 6.26. The average molecular weight is 236 g/mol. The van der Waals surface area contributed by atoms with E-state index in [2.05, 4.69) is 19.6 Å². The Labute approximate surface area is 102 Å². The molecule has 3 nitrogen and oxygen atoms in total. The van der Waals surface area contributed by atoms with Crippen LogP contribution in [0.4, 0.5) is 0 Å². The molecule has 0 radical (unpaired) electrons. The molecule has 0 N–H and O–H groups in total. The number of allylic oxidation sites excluding steroid dienone is 1. The molecular weight excluding hydrogens is 216 g/mol. The number of fused-ring (bicyclic) bond motifs is 1. The molecule has 2 heterocycles. The zero-order valence-corrected chi connectivity index (χ0v) is 10.6. The molecule has 0 spiro atoms. The summed E-state index contributed by atoms with van der Waals surface area (Å²) >= 11 is 0. The van der Waals surface area contributed by atoms with Crippen molar-refractivity contribution in [3.63, 3.8) is 0 Å². The molecular formula is C14H20O3. The molecule has 0 bridgehead atoms. The number of hydrogen-bond acceptors (Lipinski definition) is 3. The van der Waals surface area contributed by atoms with Gasteiger partial charge in [0, 0.05) is 11.5 Å². The van der Waals surface area contributed by atoms with Crippen LogP contribution in [0.2, 0.25) is 0 Å². The van der Waals surface area contributed by atoms with Crippen LogP contribution in [0.25, 0.3) is 0 Å². The lowest BCUT2D eigenvalue weighted by Gasteiger charge is -2.25. The van der Waals surface area contributed by atoms with Gasteiger partial charge in [0.15, 0.2) is 0 Å². The molecule has 2 rings (SSSR count). The zero-order valence-electron chi connectivity index (χ0n) is 10.6. The Morgan fingerprint density at radius 3 is 3.00 bits per heavy atom. The first kappa shape index (κ1) is 12.4. The second-order valence-electron chi connectivity index (χ2n) is 4.96. The third kappa shape index (κ3) is 2.60. The molecule has 0 amide bonds. The van der Waals surface area contributed by atoms with Gasteiger partial charge in [-0.25, -0.2) is 4.79 Å². The summed E-state index contributed by atoms with van der Waals surface area (Å²) < 4.78 is 11.1. The topological polar surface area (TPSA) is 35.5 Å². The van der Waals surface area contributed by atoms with Crippen molar-refractivity contribution < 1.29 is 14.3 Å². The molecule has 1 fully saturated rings. The van der Waals surface area contributed by atoms with E-state index in [-0.39, 0.29) is 24.1 Å². The normalized spacial score (nSPS) is 38.0. The monoisotopic (exact) mass is 236 g/mol. The van der Waals surface area contributed by atoms with Gasteiger partial charge in [0.25, 0.3) is 0 Å². The summed E-state index contributed by atoms with van der Waals surface area (Å²) in [5, 5.41) is 0. The van der Waals surface area contributed by atoms with E-state index in [1.165, 1.54) is 5.57 Å². The van der Waals surface area contributed by atoms with Crippen LogP contribution in [0.1, 0.15) is 33.1 Å². The molecule has 3 unspecified atom stereocenters. The Bertz CT molecular complexity index is 356. The van der Waals surface area contributed by atoms with E-state index in [1.807, 2.05) is 6.92 Å². The van der Waals surface area contributed by atoms with Crippen LogP contribution in [0.15, 0.2) is 23.8 Å². The van der Waals surface area contributed by atoms with E-state index >= 15 is 0 Å². The number of carbonyl (C=O) groups is 1. The predicted molar refractivity (Wildman–Crippen MR) is 65.5 cm³/mol. The highest BCUT2D eigenvalue weighted by atomic mass is 16.6. The van der Waals surface area contributed by atoms with E-state index in [0.29, 0.717) is 12.2 Å². The van der Waals surface area contributed by atoms with Gasteiger partial charge in [-0.3, -0.25) is 0 Å². The first-order chi connectivity index (χ1) is 8.09. The summed E-state index contributed by atoms with van der Waals surface area (Å²) in [5.41, 5.74) is 1.97. The summed E-state index contributed by atoms with van der Waals surface area (Å²) in [6.45, 7) is 8.64. The maximum Gasteiger partial charge on any atom is 0.334 e. The van der Waals surface area contributed by atoms with Gasteiger partial charge in [-0.15, -0.1) is 0 Å². The van der Waals surface area contributed by atoms with Crippen LogP contribution in [-0.4, -0.2) is 24.8 Å². The smallest absolute Gasteiger partial charge is 0.334 e. The summed E-state index contributed by atoms with van der Waals surface area (Å²) in [6, 6.07) is 0. The number of esters is 1. The maximum absolute atomic E-state index is 11.6. The van der Waals surface area contributed by atoms with Gasteiger partial charge in [0.2, 0.25) is 0 Å². The minimum Gasteiger partial charge on any atom is -0.456 e. The van der Waals surface area contributed by atoms with Crippen molar-refractivity contribution in [1.82, 2.24) is 0 Å². The molecule has 0 saturated carbocycles. The quantitative estimate of drug-likeness (QED) is 0.368. The highest BCUT2D eigenvalue weighted by molar-refractivity contribution is 5.90. The lowest BCUT2D eigenvalue weighted by atomic mass is 9.88. The second kappa shape index (κ2) is 5.05. The number of carbonyl (C=O) groups excluding carboxylic acids is 1. The van der Waals surface area contributed by atoms with E-state index in [4.69, 9.17) is 9.47 Å². The van der Waals surface area contributed by atoms with Gasteiger partial charge in [0.05, 0.1) is 12.7 Å². The predicted octanol–water partition coefficient (Wildman–Crippen LogP) is 2.62. The van der Waals surface area contributed by atoms with Crippen molar-refractivity contribution in [3.8, 4) is 0 Å². The number of hydrogen-bond donors (Lipinski definition) is 0. The van der Waals surface area contributed by atoms with Gasteiger partial charge in [-0.2, -0.15) is 0 Å². The second-order valence-corrected chi connectivity index (χ2v) is 4.96. The van der Waals surface area contributed by atoms with Crippen molar-refractivity contribution in [2.75, 3.05) is 6.61 Å². The first-order valence-corrected chi connectivity index (χ1v) is 6.26. The van der Waals surface area contributed by atoms with Gasteiger partial charge in [-0.1, -0.05) is 18.2 Å². The van der Waals surface area contributed by atoms with Crippen LogP contribution >= 0.6 is 0 Å². The SMILES string of the molecule is C=C1C(=O)OC2C(C)OCC/C=C(/C)CCC12. The Kier molecular flexibility index (Phi) is 3.67. The summed E-state index contributed by atoms with van der Waals surface area (Å²) in [6.07, 6.45) is 4.88. The number of ether oxygens (including phenoxy) is 2. The fourth-order valence-corrected chi connectivity index (χ4v) is 2.53. The Hall–Kier alpha value is -1.09. The third-order valence-electron chi connectivity index (χ3n) is 3.65. The molecule has 17 heavy (non-hydrogen) atoms. The molecule has 2 aliphatic rings. The van der Waals surface area contributed by atoms with Gasteiger partial charge < -0.3 is 9.47 Å². The molecule has 3 atom stereocenters. The van der Waals surface area contributed by atoms with Crippen molar-refractivity contribution in [2.24, 2.45) is 5.92 Å². The molecule has 3 heteroatoms. The van der Waals surface area contributed by atoms with Crippen LogP contribution in [0, 0.1) is 5.92 Å². The fourth-order valence-electron chi connectivity index (χ4n) is 2.53. The highest BCUT2D eigenvalue weighted by Crippen LogP contribution is 2.34. The molecule has 0 aromatic heterocycles. The van der Waals surface area contributed by atoms with Crippen molar-refractivity contribution >= 4 is 5.97 Å². The molecule has 1 saturated heterocycles. The lowest BCUT2D eigenvalue weighted by Crippen LogP contribution is -2.32. The molecule has 2 aliphatic heterocycles. The zero-order chi connectivity index (χ0) is 12.4. The Balaban J connectivity index is 2.17. The summed E-state index contributed by atoms with van der Waals surface area (Å²) in [7, 11) is 0. The average Bonchev–Trinajstić information content (AvgIpc) is 2.58. The summed E-state index contributed by atoms with van der Waals surface area (Å²) in [5.74, 6) is -0.143. The fraction of sp³-hybridized carbons (Fsp3) is 0.643. The molecule has 0 aromatic rings. The van der Waals surface area contributed by atoms with E-state index < -0.39 is 0 Å². The van der Waals surface area contributed by atoms with Gasteiger partial charge in [-0.05, 0) is 33.1 Å². The third-order valence-corrected chi connectivity index (χ3v) is 3.65. The van der Waals surface area contributed by atoms with Crippen molar-refractivity contribution in [1.29, 1.82) is 0 Å². The minimum atomic E-state index is -0.253. The lowest BCUT2D eigenvalue weighted by molar-refractivity contribution is -0.145. The van der Waals surface area contributed by atoms with Crippen molar-refractivity contribution in [2.45, 2.75) is 45.3 Å².